The number of thiophene rings is 1. The number of hydrogen-bond acceptors (Lipinski definition) is 3. The van der Waals surface area contributed by atoms with Crippen LogP contribution in [-0.4, -0.2) is 4.98 Å². The number of H-pyrrole nitrogens is 1. The molecule has 2 aromatic heterocycles. The molecule has 0 saturated carbocycles. The Kier molecular flexibility index (Phi) is 4.50. The van der Waals surface area contributed by atoms with Crippen LogP contribution in [0.4, 0.5) is 0 Å². The second-order valence-electron chi connectivity index (χ2n) is 6.56. The van der Waals surface area contributed by atoms with E-state index in [0.717, 1.165) is 32.6 Å². The van der Waals surface area contributed by atoms with Crippen molar-refractivity contribution < 1.29 is 0 Å². The summed E-state index contributed by atoms with van der Waals surface area (Å²) in [6, 6.07) is 24.8. The fourth-order valence-electron chi connectivity index (χ4n) is 3.61. The van der Waals surface area contributed by atoms with Gasteiger partial charge in [0.2, 0.25) is 0 Å². The molecule has 0 amide bonds. The first-order valence-electron chi connectivity index (χ1n) is 8.73. The van der Waals surface area contributed by atoms with E-state index in [4.69, 9.17) is 0 Å². The topological polar surface area (TPSA) is 63.4 Å². The van der Waals surface area contributed by atoms with Gasteiger partial charge in [0.05, 0.1) is 23.8 Å². The van der Waals surface area contributed by atoms with E-state index in [1.54, 1.807) is 11.3 Å². The van der Waals surface area contributed by atoms with Crippen molar-refractivity contribution in [2.45, 2.75) is 12.8 Å². The van der Waals surface area contributed by atoms with Crippen molar-refractivity contribution >= 4 is 22.2 Å². The number of nitrogens with one attached hydrogen (secondary N) is 1. The molecule has 2 aromatic carbocycles. The Hall–Kier alpha value is -3.34. The maximum absolute atomic E-state index is 9.69. The molecule has 0 radical (unpaired) electrons. The second-order valence-corrected chi connectivity index (χ2v) is 7.54. The van der Waals surface area contributed by atoms with Crippen molar-refractivity contribution in [2.24, 2.45) is 5.92 Å². The quantitative estimate of drug-likeness (QED) is 0.481. The standard InChI is InChI=1S/C23H17N3S/c1-15-9-10-18-19(12-15)26-23(16-6-3-2-4-7-16)22(18)21(17(13-24)14-25)20-8-5-11-27-20/h2-12,17,21,26H,1H3. The fraction of sp³-hybridized carbons (Fsp3) is 0.130. The molecule has 130 valence electrons. The number of aromatic amines is 1. The first-order chi connectivity index (χ1) is 13.2. The summed E-state index contributed by atoms with van der Waals surface area (Å²) in [4.78, 5) is 4.58. The minimum Gasteiger partial charge on any atom is -0.354 e. The molecule has 3 nitrogen and oxygen atoms in total. The SMILES string of the molecule is Cc1ccc2c(C(c3cccs3)C(C#N)C#N)c(-c3ccccc3)[nH]c2c1. The molecule has 4 heteroatoms. The van der Waals surface area contributed by atoms with Crippen LogP contribution in [0.5, 0.6) is 0 Å². The summed E-state index contributed by atoms with van der Waals surface area (Å²) in [7, 11) is 0. The summed E-state index contributed by atoms with van der Waals surface area (Å²) in [5.74, 6) is -1.06. The van der Waals surface area contributed by atoms with Crippen LogP contribution < -0.4 is 0 Å². The number of fused-ring (bicyclic) bond motifs is 1. The van der Waals surface area contributed by atoms with E-state index in [9.17, 15) is 10.5 Å². The molecule has 2 heterocycles. The first-order valence-corrected chi connectivity index (χ1v) is 9.61. The zero-order valence-corrected chi connectivity index (χ0v) is 15.6. The molecule has 0 fully saturated rings. The van der Waals surface area contributed by atoms with Gasteiger partial charge in [0, 0.05) is 15.8 Å². The highest BCUT2D eigenvalue weighted by atomic mass is 32.1. The number of benzene rings is 2. The smallest absolute Gasteiger partial charge is 0.145 e. The molecule has 0 spiro atoms. The lowest BCUT2D eigenvalue weighted by Crippen LogP contribution is -2.11. The third-order valence-corrected chi connectivity index (χ3v) is 5.78. The maximum atomic E-state index is 9.69. The molecule has 1 unspecified atom stereocenters. The van der Waals surface area contributed by atoms with Gasteiger partial charge >= 0.3 is 0 Å². The van der Waals surface area contributed by atoms with Crippen LogP contribution in [0.15, 0.2) is 66.0 Å². The number of aromatic nitrogens is 1. The normalized spacial score (nSPS) is 12.0. The van der Waals surface area contributed by atoms with Crippen LogP contribution in [0.25, 0.3) is 22.2 Å². The van der Waals surface area contributed by atoms with Crippen molar-refractivity contribution in [1.82, 2.24) is 4.98 Å². The van der Waals surface area contributed by atoms with E-state index in [-0.39, 0.29) is 5.92 Å². The monoisotopic (exact) mass is 367 g/mol. The van der Waals surface area contributed by atoms with Gasteiger partial charge in [-0.1, -0.05) is 48.5 Å². The number of aryl methyl sites for hydroxylation is 1. The highest BCUT2D eigenvalue weighted by Crippen LogP contribution is 2.43. The summed E-state index contributed by atoms with van der Waals surface area (Å²) >= 11 is 1.59. The molecule has 1 atom stereocenters. The molecule has 4 aromatic rings. The third-order valence-electron chi connectivity index (χ3n) is 4.83. The van der Waals surface area contributed by atoms with Gasteiger partial charge in [-0.05, 0) is 41.1 Å². The number of nitriles is 2. The lowest BCUT2D eigenvalue weighted by Gasteiger charge is -2.18. The van der Waals surface area contributed by atoms with Crippen molar-refractivity contribution in [3.05, 3.63) is 82.0 Å². The van der Waals surface area contributed by atoms with Crippen LogP contribution in [-0.2, 0) is 0 Å². The second kappa shape index (κ2) is 7.11. The predicted octanol–water partition coefficient (Wildman–Crippen LogP) is 6.00. The van der Waals surface area contributed by atoms with Gasteiger partial charge in [-0.2, -0.15) is 10.5 Å². The molecule has 0 bridgehead atoms. The minimum atomic E-state index is -0.758. The molecule has 0 saturated heterocycles. The summed E-state index contributed by atoms with van der Waals surface area (Å²) in [6.07, 6.45) is 0. The third kappa shape index (κ3) is 3.01. The predicted molar refractivity (Wildman–Crippen MR) is 109 cm³/mol. The van der Waals surface area contributed by atoms with Crippen LogP contribution in [0, 0.1) is 35.5 Å². The van der Waals surface area contributed by atoms with Crippen LogP contribution >= 0.6 is 11.3 Å². The van der Waals surface area contributed by atoms with Crippen molar-refractivity contribution in [2.75, 3.05) is 0 Å². The Morgan fingerprint density at radius 2 is 1.74 bits per heavy atom. The highest BCUT2D eigenvalue weighted by Gasteiger charge is 2.31. The molecular weight excluding hydrogens is 350 g/mol. The van der Waals surface area contributed by atoms with Crippen molar-refractivity contribution in [1.29, 1.82) is 10.5 Å². The molecule has 0 aliphatic rings. The fourth-order valence-corrected chi connectivity index (χ4v) is 4.48. The van der Waals surface area contributed by atoms with Gasteiger partial charge in [-0.25, -0.2) is 0 Å². The van der Waals surface area contributed by atoms with E-state index in [0.29, 0.717) is 0 Å². The largest absolute Gasteiger partial charge is 0.354 e. The van der Waals surface area contributed by atoms with Gasteiger partial charge < -0.3 is 4.98 Å². The van der Waals surface area contributed by atoms with E-state index in [1.165, 1.54) is 5.56 Å². The average Bonchev–Trinajstić information content (AvgIpc) is 3.34. The van der Waals surface area contributed by atoms with Crippen LogP contribution in [0.3, 0.4) is 0 Å². The van der Waals surface area contributed by atoms with E-state index < -0.39 is 5.92 Å². The van der Waals surface area contributed by atoms with Gasteiger partial charge in [0.15, 0.2) is 0 Å². The van der Waals surface area contributed by atoms with Gasteiger partial charge in [-0.3, -0.25) is 0 Å². The molecule has 0 aliphatic carbocycles. The van der Waals surface area contributed by atoms with E-state index in [1.807, 2.05) is 35.7 Å². The Bertz CT molecular complexity index is 1140. The average molecular weight is 367 g/mol. The van der Waals surface area contributed by atoms with E-state index in [2.05, 4.69) is 54.4 Å². The summed E-state index contributed by atoms with van der Waals surface area (Å²) < 4.78 is 0. The lowest BCUT2D eigenvalue weighted by molar-refractivity contribution is 0.728. The van der Waals surface area contributed by atoms with Crippen molar-refractivity contribution in [3.63, 3.8) is 0 Å². The summed E-state index contributed by atoms with van der Waals surface area (Å²) in [5, 5.41) is 22.4. The zero-order valence-electron chi connectivity index (χ0n) is 14.8. The van der Waals surface area contributed by atoms with E-state index >= 15 is 0 Å². The number of rotatable bonds is 4. The number of nitrogens with zero attached hydrogens (tertiary/aromatic N) is 2. The minimum absolute atomic E-state index is 0.299. The molecule has 27 heavy (non-hydrogen) atoms. The highest BCUT2D eigenvalue weighted by molar-refractivity contribution is 7.10. The van der Waals surface area contributed by atoms with Gasteiger partial charge in [-0.15, -0.1) is 11.3 Å². The Balaban J connectivity index is 2.06. The Labute approximate surface area is 162 Å². The number of hydrogen-bond donors (Lipinski definition) is 1. The molecular formula is C23H17N3S. The molecule has 4 rings (SSSR count). The van der Waals surface area contributed by atoms with Crippen LogP contribution in [0.1, 0.15) is 21.9 Å². The van der Waals surface area contributed by atoms with Gasteiger partial charge in [0.25, 0.3) is 0 Å². The Morgan fingerprint density at radius 1 is 0.963 bits per heavy atom. The maximum Gasteiger partial charge on any atom is 0.145 e. The molecule has 0 aliphatic heterocycles. The van der Waals surface area contributed by atoms with Crippen molar-refractivity contribution in [3.8, 4) is 23.4 Å². The Morgan fingerprint density at radius 3 is 2.41 bits per heavy atom. The van der Waals surface area contributed by atoms with Crippen LogP contribution in [0.2, 0.25) is 0 Å². The summed E-state index contributed by atoms with van der Waals surface area (Å²) in [5.41, 5.74) is 5.24. The zero-order chi connectivity index (χ0) is 18.8. The lowest BCUT2D eigenvalue weighted by atomic mass is 9.83. The first kappa shape index (κ1) is 17.1. The molecule has 1 N–H and O–H groups in total. The van der Waals surface area contributed by atoms with Gasteiger partial charge in [0.1, 0.15) is 5.92 Å². The summed E-state index contributed by atoms with van der Waals surface area (Å²) in [6.45, 7) is 2.06.